The standard InChI is InChI=1S/C11H13NO2/c13-11-6-10(7-12-11)14-8-9-4-2-1-3-5-9/h1-5,10H,6-8H2,(H,12,13)/t10-/m0/s1. The van der Waals surface area contributed by atoms with Gasteiger partial charge in [0.25, 0.3) is 0 Å². The summed E-state index contributed by atoms with van der Waals surface area (Å²) in [6.07, 6.45) is 0.537. The van der Waals surface area contributed by atoms with Gasteiger partial charge in [0.05, 0.1) is 19.1 Å². The number of carbonyl (C=O) groups excluding carboxylic acids is 1. The number of carbonyl (C=O) groups is 1. The maximum absolute atomic E-state index is 10.9. The maximum Gasteiger partial charge on any atom is 0.222 e. The van der Waals surface area contributed by atoms with E-state index in [0.29, 0.717) is 19.6 Å². The third-order valence-electron chi connectivity index (χ3n) is 2.27. The summed E-state index contributed by atoms with van der Waals surface area (Å²) in [6.45, 7) is 1.23. The van der Waals surface area contributed by atoms with Gasteiger partial charge in [0.2, 0.25) is 5.91 Å². The average Bonchev–Trinajstić information content (AvgIpc) is 2.63. The van der Waals surface area contributed by atoms with Crippen LogP contribution in [0.3, 0.4) is 0 Å². The van der Waals surface area contributed by atoms with Crippen LogP contribution >= 0.6 is 0 Å². The second-order valence-corrected chi connectivity index (χ2v) is 3.43. The van der Waals surface area contributed by atoms with Crippen molar-refractivity contribution < 1.29 is 9.53 Å². The lowest BCUT2D eigenvalue weighted by atomic mass is 10.2. The maximum atomic E-state index is 10.9. The van der Waals surface area contributed by atoms with Gasteiger partial charge in [0, 0.05) is 6.54 Å². The number of ether oxygens (including phenoxy) is 1. The monoisotopic (exact) mass is 191 g/mol. The molecule has 14 heavy (non-hydrogen) atoms. The molecule has 0 aromatic heterocycles. The largest absolute Gasteiger partial charge is 0.371 e. The minimum atomic E-state index is 0.0442. The van der Waals surface area contributed by atoms with Crippen LogP contribution in [0.1, 0.15) is 12.0 Å². The molecular weight excluding hydrogens is 178 g/mol. The molecule has 0 aliphatic carbocycles. The Morgan fingerprint density at radius 2 is 2.14 bits per heavy atom. The van der Waals surface area contributed by atoms with E-state index in [1.165, 1.54) is 0 Å². The Labute approximate surface area is 83.1 Å². The average molecular weight is 191 g/mol. The lowest BCUT2D eigenvalue weighted by Crippen LogP contribution is -2.17. The van der Waals surface area contributed by atoms with Crippen LogP contribution in [0.25, 0.3) is 0 Å². The Balaban J connectivity index is 1.80. The van der Waals surface area contributed by atoms with Crippen LogP contribution in [0.15, 0.2) is 30.3 Å². The normalized spacial score (nSPS) is 20.9. The molecule has 1 aliphatic rings. The molecule has 1 atom stereocenters. The molecule has 0 unspecified atom stereocenters. The zero-order chi connectivity index (χ0) is 9.80. The van der Waals surface area contributed by atoms with Gasteiger partial charge >= 0.3 is 0 Å². The third kappa shape index (κ3) is 2.33. The second-order valence-electron chi connectivity index (χ2n) is 3.43. The summed E-state index contributed by atoms with van der Waals surface area (Å²) in [5.74, 6) is 0.0862. The summed E-state index contributed by atoms with van der Waals surface area (Å²) in [5, 5.41) is 2.74. The highest BCUT2D eigenvalue weighted by atomic mass is 16.5. The van der Waals surface area contributed by atoms with Crippen LogP contribution in [-0.4, -0.2) is 18.6 Å². The van der Waals surface area contributed by atoms with Gasteiger partial charge < -0.3 is 10.1 Å². The van der Waals surface area contributed by atoms with Gasteiger partial charge in [0.15, 0.2) is 0 Å². The first kappa shape index (κ1) is 9.21. The van der Waals surface area contributed by atoms with Crippen molar-refractivity contribution in [1.82, 2.24) is 5.32 Å². The SMILES string of the molecule is O=C1C[C@H](OCc2ccccc2)CN1. The van der Waals surface area contributed by atoms with Crippen LogP contribution in [0, 0.1) is 0 Å². The quantitative estimate of drug-likeness (QED) is 0.776. The number of nitrogens with one attached hydrogen (secondary N) is 1. The number of hydrogen-bond donors (Lipinski definition) is 1. The number of amides is 1. The Bertz CT molecular complexity index is 310. The van der Waals surface area contributed by atoms with Crippen LogP contribution < -0.4 is 5.32 Å². The highest BCUT2D eigenvalue weighted by molar-refractivity contribution is 5.78. The Kier molecular flexibility index (Phi) is 2.79. The van der Waals surface area contributed by atoms with Crippen molar-refractivity contribution in [1.29, 1.82) is 0 Å². The molecule has 3 nitrogen and oxygen atoms in total. The van der Waals surface area contributed by atoms with E-state index < -0.39 is 0 Å². The molecule has 74 valence electrons. The first-order valence-corrected chi connectivity index (χ1v) is 4.77. The van der Waals surface area contributed by atoms with E-state index in [1.807, 2.05) is 30.3 Å². The third-order valence-corrected chi connectivity index (χ3v) is 2.27. The van der Waals surface area contributed by atoms with E-state index in [2.05, 4.69) is 5.32 Å². The van der Waals surface area contributed by atoms with Crippen molar-refractivity contribution in [2.24, 2.45) is 0 Å². The molecule has 0 radical (unpaired) electrons. The predicted molar refractivity (Wildman–Crippen MR) is 52.6 cm³/mol. The summed E-state index contributed by atoms with van der Waals surface area (Å²) in [4.78, 5) is 10.9. The molecule has 1 aromatic rings. The molecule has 1 N–H and O–H groups in total. The number of benzene rings is 1. The number of hydrogen-bond acceptors (Lipinski definition) is 2. The highest BCUT2D eigenvalue weighted by Crippen LogP contribution is 2.08. The van der Waals surface area contributed by atoms with Crippen molar-refractivity contribution in [3.8, 4) is 0 Å². The van der Waals surface area contributed by atoms with E-state index in [0.717, 1.165) is 5.56 Å². The molecule has 1 fully saturated rings. The Morgan fingerprint density at radius 3 is 2.79 bits per heavy atom. The van der Waals surface area contributed by atoms with E-state index in [1.54, 1.807) is 0 Å². The van der Waals surface area contributed by atoms with Crippen LogP contribution in [0.5, 0.6) is 0 Å². The van der Waals surface area contributed by atoms with E-state index in [4.69, 9.17) is 4.74 Å². The van der Waals surface area contributed by atoms with Gasteiger partial charge in [-0.15, -0.1) is 0 Å². The lowest BCUT2D eigenvalue weighted by Gasteiger charge is -2.08. The van der Waals surface area contributed by atoms with Crippen LogP contribution in [-0.2, 0) is 16.1 Å². The second kappa shape index (κ2) is 4.24. The Morgan fingerprint density at radius 1 is 1.36 bits per heavy atom. The van der Waals surface area contributed by atoms with Gasteiger partial charge in [-0.1, -0.05) is 30.3 Å². The molecule has 1 saturated heterocycles. The van der Waals surface area contributed by atoms with Crippen molar-refractivity contribution >= 4 is 5.91 Å². The van der Waals surface area contributed by atoms with Crippen LogP contribution in [0.2, 0.25) is 0 Å². The minimum Gasteiger partial charge on any atom is -0.371 e. The molecule has 0 bridgehead atoms. The van der Waals surface area contributed by atoms with Gasteiger partial charge in [-0.25, -0.2) is 0 Å². The molecule has 1 aliphatic heterocycles. The first-order valence-electron chi connectivity index (χ1n) is 4.77. The molecule has 0 spiro atoms. The topological polar surface area (TPSA) is 38.3 Å². The van der Waals surface area contributed by atoms with E-state index in [-0.39, 0.29) is 12.0 Å². The van der Waals surface area contributed by atoms with Crippen molar-refractivity contribution in [2.45, 2.75) is 19.1 Å². The molecule has 3 heteroatoms. The minimum absolute atomic E-state index is 0.0442. The van der Waals surface area contributed by atoms with Gasteiger partial charge in [-0.3, -0.25) is 4.79 Å². The van der Waals surface area contributed by atoms with Crippen LogP contribution in [0.4, 0.5) is 0 Å². The van der Waals surface area contributed by atoms with E-state index >= 15 is 0 Å². The molecule has 2 rings (SSSR count). The van der Waals surface area contributed by atoms with Gasteiger partial charge in [0.1, 0.15) is 0 Å². The summed E-state index contributed by atoms with van der Waals surface area (Å²) >= 11 is 0. The smallest absolute Gasteiger partial charge is 0.222 e. The van der Waals surface area contributed by atoms with Gasteiger partial charge in [-0.2, -0.15) is 0 Å². The highest BCUT2D eigenvalue weighted by Gasteiger charge is 2.21. The molecule has 1 aromatic carbocycles. The zero-order valence-electron chi connectivity index (χ0n) is 7.90. The predicted octanol–water partition coefficient (Wildman–Crippen LogP) is 1.09. The zero-order valence-corrected chi connectivity index (χ0v) is 7.90. The Hall–Kier alpha value is -1.35. The molecule has 0 saturated carbocycles. The van der Waals surface area contributed by atoms with Gasteiger partial charge in [-0.05, 0) is 5.56 Å². The van der Waals surface area contributed by atoms with E-state index in [9.17, 15) is 4.79 Å². The molecule has 1 heterocycles. The fourth-order valence-corrected chi connectivity index (χ4v) is 1.48. The summed E-state index contributed by atoms with van der Waals surface area (Å²) < 4.78 is 5.58. The first-order chi connectivity index (χ1) is 6.84. The molecule has 1 amide bonds. The van der Waals surface area contributed by atoms with Crippen molar-refractivity contribution in [2.75, 3.05) is 6.54 Å². The molecular formula is C11H13NO2. The fourth-order valence-electron chi connectivity index (χ4n) is 1.48. The van der Waals surface area contributed by atoms with Crippen molar-refractivity contribution in [3.63, 3.8) is 0 Å². The summed E-state index contributed by atoms with van der Waals surface area (Å²) in [6, 6.07) is 9.98. The van der Waals surface area contributed by atoms with Crippen molar-refractivity contribution in [3.05, 3.63) is 35.9 Å². The lowest BCUT2D eigenvalue weighted by molar-refractivity contribution is -0.119. The fraction of sp³-hybridized carbons (Fsp3) is 0.364. The summed E-state index contributed by atoms with van der Waals surface area (Å²) in [7, 11) is 0. The summed E-state index contributed by atoms with van der Waals surface area (Å²) in [5.41, 5.74) is 1.15. The number of rotatable bonds is 3.